The molecule has 0 amide bonds. The number of ether oxygens (including phenoxy) is 2. The monoisotopic (exact) mass is 476 g/mol. The molecule has 1 saturated heterocycles. The Morgan fingerprint density at radius 3 is 2.35 bits per heavy atom. The lowest BCUT2D eigenvalue weighted by molar-refractivity contribution is -0.284. The number of carboxylic acid groups (broad SMARTS) is 1. The summed E-state index contributed by atoms with van der Waals surface area (Å²) >= 11 is 0. The summed E-state index contributed by atoms with van der Waals surface area (Å²) in [6.07, 6.45) is 5.29. The van der Waals surface area contributed by atoms with Gasteiger partial charge in [0.2, 0.25) is 6.29 Å². The van der Waals surface area contributed by atoms with Crippen molar-refractivity contribution in [2.24, 2.45) is 5.41 Å². The number of allylic oxidation sites excluding steroid dienone is 9. The van der Waals surface area contributed by atoms with Crippen molar-refractivity contribution in [2.75, 3.05) is 0 Å². The Balaban J connectivity index is 1.98. The molecule has 1 aliphatic carbocycles. The van der Waals surface area contributed by atoms with E-state index in [0.717, 1.165) is 18.1 Å². The van der Waals surface area contributed by atoms with Crippen LogP contribution < -0.4 is 0 Å². The lowest BCUT2D eigenvalue weighted by Crippen LogP contribution is -2.60. The van der Waals surface area contributed by atoms with Crippen LogP contribution in [0.4, 0.5) is 0 Å². The van der Waals surface area contributed by atoms with E-state index in [1.807, 2.05) is 13.0 Å². The number of aliphatic carboxylic acids is 1. The quantitative estimate of drug-likeness (QED) is 0.250. The van der Waals surface area contributed by atoms with Gasteiger partial charge in [0.05, 0.1) is 0 Å². The number of rotatable bonds is 7. The molecule has 0 aromatic rings. The average Bonchev–Trinajstić information content (AvgIpc) is 2.73. The van der Waals surface area contributed by atoms with Crippen LogP contribution in [0.2, 0.25) is 0 Å². The number of hydrogen-bond acceptors (Lipinski definition) is 7. The molecule has 5 atom stereocenters. The maximum atomic E-state index is 12.2. The summed E-state index contributed by atoms with van der Waals surface area (Å²) in [5.41, 5.74) is 4.56. The summed E-state index contributed by atoms with van der Waals surface area (Å²) < 4.78 is 9.88. The SMILES string of the molecule is CC(C=CC1=C(C)CCCC1(C)C)=CC=CC(C)=CC(=O)OC1OC(C(=O)O)C(O)C(O)C1O. The highest BCUT2D eigenvalue weighted by Gasteiger charge is 2.48. The summed E-state index contributed by atoms with van der Waals surface area (Å²) in [6.45, 7) is 10.4. The number of hydrogen-bond donors (Lipinski definition) is 4. The van der Waals surface area contributed by atoms with Crippen LogP contribution in [0.15, 0.2) is 58.7 Å². The Morgan fingerprint density at radius 2 is 1.74 bits per heavy atom. The van der Waals surface area contributed by atoms with Gasteiger partial charge in [0.15, 0.2) is 6.10 Å². The van der Waals surface area contributed by atoms with Crippen LogP contribution in [-0.2, 0) is 19.1 Å². The summed E-state index contributed by atoms with van der Waals surface area (Å²) in [5.74, 6) is -2.44. The second kappa shape index (κ2) is 11.8. The van der Waals surface area contributed by atoms with Crippen LogP contribution in [0, 0.1) is 5.41 Å². The van der Waals surface area contributed by atoms with Crippen molar-refractivity contribution in [1.82, 2.24) is 0 Å². The van der Waals surface area contributed by atoms with Gasteiger partial charge in [-0.25, -0.2) is 9.59 Å². The third kappa shape index (κ3) is 7.24. The molecule has 0 aromatic carbocycles. The number of carbonyl (C=O) groups excluding carboxylic acids is 1. The van der Waals surface area contributed by atoms with Crippen molar-refractivity contribution in [3.63, 3.8) is 0 Å². The van der Waals surface area contributed by atoms with Gasteiger partial charge in [-0.05, 0) is 56.6 Å². The molecular formula is C26H36O8. The number of aliphatic hydroxyl groups is 3. The predicted molar refractivity (Wildman–Crippen MR) is 127 cm³/mol. The van der Waals surface area contributed by atoms with Gasteiger partial charge in [-0.2, -0.15) is 0 Å². The fraction of sp³-hybridized carbons (Fsp3) is 0.538. The largest absolute Gasteiger partial charge is 0.479 e. The maximum absolute atomic E-state index is 12.2. The van der Waals surface area contributed by atoms with Gasteiger partial charge in [0.25, 0.3) is 0 Å². The van der Waals surface area contributed by atoms with E-state index in [4.69, 9.17) is 14.6 Å². The molecule has 0 spiro atoms. The summed E-state index contributed by atoms with van der Waals surface area (Å²) in [5, 5.41) is 38.5. The van der Waals surface area contributed by atoms with E-state index in [2.05, 4.69) is 32.9 Å². The van der Waals surface area contributed by atoms with Crippen molar-refractivity contribution in [1.29, 1.82) is 0 Å². The predicted octanol–water partition coefficient (Wildman–Crippen LogP) is 2.95. The van der Waals surface area contributed by atoms with Crippen LogP contribution >= 0.6 is 0 Å². The fourth-order valence-electron chi connectivity index (χ4n) is 4.16. The first-order valence-electron chi connectivity index (χ1n) is 11.4. The van der Waals surface area contributed by atoms with E-state index in [1.165, 1.54) is 24.0 Å². The van der Waals surface area contributed by atoms with Crippen LogP contribution in [0.5, 0.6) is 0 Å². The summed E-state index contributed by atoms with van der Waals surface area (Å²) in [6, 6.07) is 0. The summed E-state index contributed by atoms with van der Waals surface area (Å²) in [4.78, 5) is 23.3. The molecule has 2 rings (SSSR count). The Bertz CT molecular complexity index is 921. The molecule has 0 aromatic heterocycles. The van der Waals surface area contributed by atoms with Gasteiger partial charge < -0.3 is 29.9 Å². The summed E-state index contributed by atoms with van der Waals surface area (Å²) in [7, 11) is 0. The van der Waals surface area contributed by atoms with Crippen molar-refractivity contribution in [3.05, 3.63) is 58.7 Å². The third-order valence-corrected chi connectivity index (χ3v) is 6.16. The molecule has 2 aliphatic rings. The Morgan fingerprint density at radius 1 is 1.06 bits per heavy atom. The number of esters is 1. The molecule has 4 N–H and O–H groups in total. The first kappa shape index (κ1) is 27.7. The van der Waals surface area contributed by atoms with Crippen molar-refractivity contribution in [3.8, 4) is 0 Å². The van der Waals surface area contributed by atoms with E-state index in [1.54, 1.807) is 19.1 Å². The number of aliphatic hydroxyl groups excluding tert-OH is 3. The molecule has 1 fully saturated rings. The van der Waals surface area contributed by atoms with Crippen LogP contribution in [0.1, 0.15) is 53.9 Å². The lowest BCUT2D eigenvalue weighted by Gasteiger charge is -2.37. The zero-order chi connectivity index (χ0) is 25.6. The highest BCUT2D eigenvalue weighted by atomic mass is 16.7. The Kier molecular flexibility index (Phi) is 9.58. The smallest absolute Gasteiger partial charge is 0.335 e. The van der Waals surface area contributed by atoms with Gasteiger partial charge in [-0.1, -0.05) is 55.4 Å². The van der Waals surface area contributed by atoms with Gasteiger partial charge in [0.1, 0.15) is 18.3 Å². The average molecular weight is 477 g/mol. The molecule has 8 nitrogen and oxygen atoms in total. The highest BCUT2D eigenvalue weighted by molar-refractivity contribution is 5.83. The molecule has 34 heavy (non-hydrogen) atoms. The lowest BCUT2D eigenvalue weighted by atomic mass is 9.72. The highest BCUT2D eigenvalue weighted by Crippen LogP contribution is 2.40. The minimum atomic E-state index is -1.85. The van der Waals surface area contributed by atoms with E-state index in [9.17, 15) is 24.9 Å². The minimum absolute atomic E-state index is 0.170. The number of carbonyl (C=O) groups is 2. The van der Waals surface area contributed by atoms with Crippen molar-refractivity contribution >= 4 is 11.9 Å². The Hall–Kier alpha value is -2.52. The zero-order valence-corrected chi connectivity index (χ0v) is 20.4. The van der Waals surface area contributed by atoms with E-state index >= 15 is 0 Å². The number of carboxylic acids is 1. The zero-order valence-electron chi connectivity index (χ0n) is 20.4. The van der Waals surface area contributed by atoms with Gasteiger partial charge in [-0.15, -0.1) is 0 Å². The molecule has 188 valence electrons. The third-order valence-electron chi connectivity index (χ3n) is 6.16. The van der Waals surface area contributed by atoms with Crippen LogP contribution in [-0.4, -0.2) is 63.1 Å². The maximum Gasteiger partial charge on any atom is 0.335 e. The first-order valence-corrected chi connectivity index (χ1v) is 11.4. The molecular weight excluding hydrogens is 440 g/mol. The van der Waals surface area contributed by atoms with E-state index in [-0.39, 0.29) is 5.41 Å². The van der Waals surface area contributed by atoms with Gasteiger partial charge in [-0.3, -0.25) is 0 Å². The molecule has 0 saturated carbocycles. The van der Waals surface area contributed by atoms with Gasteiger partial charge in [0, 0.05) is 6.08 Å². The van der Waals surface area contributed by atoms with Crippen LogP contribution in [0.25, 0.3) is 0 Å². The molecule has 0 bridgehead atoms. The van der Waals surface area contributed by atoms with Crippen molar-refractivity contribution in [2.45, 2.75) is 84.6 Å². The first-order chi connectivity index (χ1) is 15.8. The van der Waals surface area contributed by atoms with Gasteiger partial charge >= 0.3 is 11.9 Å². The minimum Gasteiger partial charge on any atom is -0.479 e. The molecule has 1 aliphatic heterocycles. The fourth-order valence-corrected chi connectivity index (χ4v) is 4.16. The second-order valence-electron chi connectivity index (χ2n) is 9.59. The normalized spacial score (nSPS) is 30.8. The van der Waals surface area contributed by atoms with E-state index in [0.29, 0.717) is 5.57 Å². The van der Waals surface area contributed by atoms with E-state index < -0.39 is 42.6 Å². The van der Waals surface area contributed by atoms with Crippen LogP contribution in [0.3, 0.4) is 0 Å². The Labute approximate surface area is 200 Å². The molecule has 8 heteroatoms. The topological polar surface area (TPSA) is 134 Å². The molecule has 1 heterocycles. The molecule has 5 unspecified atom stereocenters. The molecule has 0 radical (unpaired) electrons. The second-order valence-corrected chi connectivity index (χ2v) is 9.59. The standard InChI is InChI=1S/C26H36O8/c1-15(11-12-18-17(3)10-7-13-26(18,4)5)8-6-9-16(2)14-19(27)33-25-22(30)20(28)21(29)23(34-25)24(31)32/h6,8-9,11-12,14,20-23,25,28-30H,7,10,13H2,1-5H3,(H,31,32). The van der Waals surface area contributed by atoms with Crippen molar-refractivity contribution < 1.29 is 39.5 Å².